The number of carbonyl (C=O) groups excluding carboxylic acids is 2. The Bertz CT molecular complexity index is 1050. The zero-order chi connectivity index (χ0) is 23.2. The van der Waals surface area contributed by atoms with E-state index in [1.807, 2.05) is 4.72 Å². The van der Waals surface area contributed by atoms with Gasteiger partial charge in [-0.05, 0) is 42.5 Å². The van der Waals surface area contributed by atoms with Crippen molar-refractivity contribution in [3.63, 3.8) is 0 Å². The lowest BCUT2D eigenvalue weighted by Gasteiger charge is -2.12. The van der Waals surface area contributed by atoms with Gasteiger partial charge in [-0.1, -0.05) is 6.92 Å². The number of alkyl halides is 3. The molecule has 0 bridgehead atoms. The smallest absolute Gasteiger partial charge is 0.351 e. The second-order valence-corrected chi connectivity index (χ2v) is 8.04. The second kappa shape index (κ2) is 9.88. The Hall–Kier alpha value is -2.99. The molecular weight excluding hydrogens is 442 g/mol. The van der Waals surface area contributed by atoms with Crippen LogP contribution in [0.5, 0.6) is 0 Å². The first kappa shape index (κ1) is 24.3. The minimum atomic E-state index is -5.04. The van der Waals surface area contributed by atoms with Gasteiger partial charge in [0.25, 0.3) is 5.91 Å². The van der Waals surface area contributed by atoms with Crippen LogP contribution in [0.1, 0.15) is 29.3 Å². The summed E-state index contributed by atoms with van der Waals surface area (Å²) in [5.74, 6) is -2.29. The highest BCUT2D eigenvalue weighted by molar-refractivity contribution is 7.89. The summed E-state index contributed by atoms with van der Waals surface area (Å²) >= 11 is 0. The van der Waals surface area contributed by atoms with Gasteiger partial charge in [0.2, 0.25) is 15.9 Å². The molecule has 3 N–H and O–H groups in total. The molecule has 0 unspecified atom stereocenters. The quantitative estimate of drug-likeness (QED) is 0.415. The van der Waals surface area contributed by atoms with Crippen LogP contribution in [0, 0.1) is 5.82 Å². The number of carbonyl (C=O) groups is 2. The van der Waals surface area contributed by atoms with E-state index in [0.717, 1.165) is 0 Å². The van der Waals surface area contributed by atoms with Crippen molar-refractivity contribution in [3.8, 4) is 0 Å². The van der Waals surface area contributed by atoms with Crippen LogP contribution in [0.15, 0.2) is 47.4 Å². The Kier molecular flexibility index (Phi) is 7.74. The number of nitrogens with one attached hydrogen (secondary N) is 3. The standard InChI is InChI=1S/C19H19F4N3O4S/c1-2-17(27)26-13-5-3-12(4-6-13)18(28)24-9-10-25-31(29,30)14-7-8-16(20)15(11-14)19(21,22)23/h3-8,11,25H,2,9-10H2,1H3,(H,24,28)(H,26,27). The highest BCUT2D eigenvalue weighted by Crippen LogP contribution is 2.32. The minimum absolute atomic E-state index is 0.153. The number of amides is 2. The summed E-state index contributed by atoms with van der Waals surface area (Å²) in [5.41, 5.74) is -0.929. The number of rotatable bonds is 8. The molecular formula is C19H19F4N3O4S. The lowest BCUT2D eigenvalue weighted by molar-refractivity contribution is -0.140. The van der Waals surface area contributed by atoms with Gasteiger partial charge in [-0.15, -0.1) is 0 Å². The normalized spacial score (nSPS) is 11.8. The van der Waals surface area contributed by atoms with E-state index in [4.69, 9.17) is 0 Å². The van der Waals surface area contributed by atoms with Gasteiger partial charge in [-0.3, -0.25) is 9.59 Å². The van der Waals surface area contributed by atoms with Crippen LogP contribution in [-0.2, 0) is 21.0 Å². The molecule has 2 aromatic rings. The van der Waals surface area contributed by atoms with E-state index in [2.05, 4.69) is 10.6 Å². The highest BCUT2D eigenvalue weighted by Gasteiger charge is 2.35. The van der Waals surface area contributed by atoms with E-state index in [1.54, 1.807) is 6.92 Å². The maximum Gasteiger partial charge on any atom is 0.419 e. The van der Waals surface area contributed by atoms with Crippen LogP contribution >= 0.6 is 0 Å². The Morgan fingerprint density at radius 1 is 1.00 bits per heavy atom. The summed E-state index contributed by atoms with van der Waals surface area (Å²) in [4.78, 5) is 22.6. The maximum atomic E-state index is 13.3. The number of sulfonamides is 1. The zero-order valence-electron chi connectivity index (χ0n) is 16.2. The maximum absolute atomic E-state index is 13.3. The topological polar surface area (TPSA) is 104 Å². The van der Waals surface area contributed by atoms with Crippen molar-refractivity contribution in [3.05, 3.63) is 59.4 Å². The Morgan fingerprint density at radius 2 is 1.65 bits per heavy atom. The largest absolute Gasteiger partial charge is 0.419 e. The van der Waals surface area contributed by atoms with Crippen LogP contribution in [0.4, 0.5) is 23.2 Å². The van der Waals surface area contributed by atoms with E-state index in [9.17, 15) is 35.6 Å². The summed E-state index contributed by atoms with van der Waals surface area (Å²) in [7, 11) is -4.35. The number of hydrogen-bond donors (Lipinski definition) is 3. The molecule has 0 radical (unpaired) electrons. The third-order valence-electron chi connectivity index (χ3n) is 4.01. The fraction of sp³-hybridized carbons (Fsp3) is 0.263. The summed E-state index contributed by atoms with van der Waals surface area (Å²) in [6, 6.07) is 7.31. The summed E-state index contributed by atoms with van der Waals surface area (Å²) in [5, 5.41) is 5.06. The van der Waals surface area contributed by atoms with Gasteiger partial charge >= 0.3 is 6.18 Å². The highest BCUT2D eigenvalue weighted by atomic mass is 32.2. The van der Waals surface area contributed by atoms with Crippen LogP contribution in [0.25, 0.3) is 0 Å². The predicted molar refractivity (Wildman–Crippen MR) is 104 cm³/mol. The molecule has 0 aromatic heterocycles. The molecule has 0 heterocycles. The van der Waals surface area contributed by atoms with E-state index < -0.39 is 38.4 Å². The molecule has 7 nitrogen and oxygen atoms in total. The SMILES string of the molecule is CCC(=O)Nc1ccc(C(=O)NCCNS(=O)(=O)c2ccc(F)c(C(F)(F)F)c2)cc1. The van der Waals surface area contributed by atoms with E-state index in [-0.39, 0.29) is 30.6 Å². The molecule has 0 spiro atoms. The number of halogens is 4. The molecule has 2 amide bonds. The third kappa shape index (κ3) is 6.76. The van der Waals surface area contributed by atoms with Crippen molar-refractivity contribution in [1.29, 1.82) is 0 Å². The summed E-state index contributed by atoms with van der Waals surface area (Å²) in [6.45, 7) is 1.23. The number of hydrogen-bond acceptors (Lipinski definition) is 4. The van der Waals surface area contributed by atoms with Gasteiger partial charge in [-0.2, -0.15) is 13.2 Å². The number of benzene rings is 2. The van der Waals surface area contributed by atoms with E-state index in [0.29, 0.717) is 24.2 Å². The first-order chi connectivity index (χ1) is 14.4. The monoisotopic (exact) mass is 461 g/mol. The Labute approximate surface area is 175 Å². The van der Waals surface area contributed by atoms with Crippen molar-refractivity contribution >= 4 is 27.5 Å². The fourth-order valence-electron chi connectivity index (χ4n) is 2.39. The predicted octanol–water partition coefficient (Wildman–Crippen LogP) is 2.90. The van der Waals surface area contributed by atoms with Gasteiger partial charge < -0.3 is 10.6 Å². The van der Waals surface area contributed by atoms with E-state index in [1.165, 1.54) is 24.3 Å². The third-order valence-corrected chi connectivity index (χ3v) is 5.47. The molecule has 2 aromatic carbocycles. The van der Waals surface area contributed by atoms with Crippen molar-refractivity contribution < 1.29 is 35.6 Å². The minimum Gasteiger partial charge on any atom is -0.351 e. The van der Waals surface area contributed by atoms with Gasteiger partial charge in [0, 0.05) is 30.8 Å². The molecule has 31 heavy (non-hydrogen) atoms. The molecule has 0 atom stereocenters. The zero-order valence-corrected chi connectivity index (χ0v) is 17.0. The van der Waals surface area contributed by atoms with Crippen LogP contribution in [0.2, 0.25) is 0 Å². The average Bonchev–Trinajstić information content (AvgIpc) is 2.70. The summed E-state index contributed by atoms with van der Waals surface area (Å²) in [6.07, 6.45) is -4.74. The average molecular weight is 461 g/mol. The fourth-order valence-corrected chi connectivity index (χ4v) is 3.45. The molecule has 12 heteroatoms. The lowest BCUT2D eigenvalue weighted by Crippen LogP contribution is -2.34. The van der Waals surface area contributed by atoms with E-state index >= 15 is 0 Å². The van der Waals surface area contributed by atoms with Gasteiger partial charge in [-0.25, -0.2) is 17.5 Å². The van der Waals surface area contributed by atoms with Crippen molar-refractivity contribution in [2.45, 2.75) is 24.4 Å². The summed E-state index contributed by atoms with van der Waals surface area (Å²) < 4.78 is 77.9. The molecule has 0 saturated heterocycles. The van der Waals surface area contributed by atoms with Gasteiger partial charge in [0.05, 0.1) is 10.5 Å². The van der Waals surface area contributed by atoms with Crippen molar-refractivity contribution in [2.24, 2.45) is 0 Å². The van der Waals surface area contributed by atoms with Crippen molar-refractivity contribution in [2.75, 3.05) is 18.4 Å². The van der Waals surface area contributed by atoms with Crippen molar-refractivity contribution in [1.82, 2.24) is 10.0 Å². The Balaban J connectivity index is 1.92. The molecule has 0 aliphatic carbocycles. The molecule has 0 aliphatic heterocycles. The Morgan fingerprint density at radius 3 is 2.23 bits per heavy atom. The second-order valence-electron chi connectivity index (χ2n) is 6.27. The first-order valence-corrected chi connectivity index (χ1v) is 10.5. The molecule has 0 fully saturated rings. The van der Waals surface area contributed by atoms with Crippen LogP contribution in [0.3, 0.4) is 0 Å². The number of anilines is 1. The molecule has 2 rings (SSSR count). The lowest BCUT2D eigenvalue weighted by atomic mass is 10.2. The van der Waals surface area contributed by atoms with Gasteiger partial charge in [0.15, 0.2) is 0 Å². The van der Waals surface area contributed by atoms with Crippen LogP contribution in [-0.4, -0.2) is 33.3 Å². The first-order valence-electron chi connectivity index (χ1n) is 8.98. The molecule has 168 valence electrons. The van der Waals surface area contributed by atoms with Crippen LogP contribution < -0.4 is 15.4 Å². The molecule has 0 saturated carbocycles. The molecule has 0 aliphatic rings. The van der Waals surface area contributed by atoms with Gasteiger partial charge in [0.1, 0.15) is 5.82 Å².